The number of carbonyl (C=O) groups excluding carboxylic acids is 2. The largest absolute Gasteiger partial charge is 0.494 e. The topological polar surface area (TPSA) is 96.0 Å². The minimum absolute atomic E-state index is 0.0479. The molecule has 8 nitrogen and oxygen atoms in total. The molecule has 2 aromatic rings. The number of benzene rings is 2. The zero-order valence-electron chi connectivity index (χ0n) is 20.3. The summed E-state index contributed by atoms with van der Waals surface area (Å²) in [5.74, 6) is -0.275. The molecule has 0 aromatic heterocycles. The van der Waals surface area contributed by atoms with E-state index in [4.69, 9.17) is 27.9 Å². The lowest BCUT2D eigenvalue weighted by molar-refractivity contribution is -0.140. The molecule has 0 saturated carbocycles. The Kier molecular flexibility index (Phi) is 10.7. The Labute approximate surface area is 217 Å². The predicted molar refractivity (Wildman–Crippen MR) is 140 cm³/mol. The number of amides is 2. The molecule has 0 bridgehead atoms. The molecule has 0 saturated heterocycles. The van der Waals surface area contributed by atoms with Crippen LogP contribution in [0.1, 0.15) is 32.8 Å². The van der Waals surface area contributed by atoms with Crippen LogP contribution in [-0.2, 0) is 26.2 Å². The first-order valence-corrected chi connectivity index (χ1v) is 13.8. The van der Waals surface area contributed by atoms with Crippen molar-refractivity contribution >= 4 is 50.7 Å². The molecule has 2 aromatic carbocycles. The highest BCUT2D eigenvalue weighted by Gasteiger charge is 2.31. The minimum atomic E-state index is -3.81. The average Bonchev–Trinajstić information content (AvgIpc) is 2.80. The van der Waals surface area contributed by atoms with Crippen LogP contribution >= 0.6 is 23.2 Å². The number of likely N-dealkylation sites (N-methyl/N-ethyl adjacent to an activating group) is 1. The molecule has 1 N–H and O–H groups in total. The van der Waals surface area contributed by atoms with Gasteiger partial charge in [-0.05, 0) is 62.2 Å². The normalized spacial score (nSPS) is 12.1. The van der Waals surface area contributed by atoms with Gasteiger partial charge in [-0.25, -0.2) is 8.42 Å². The van der Waals surface area contributed by atoms with Crippen LogP contribution in [0.2, 0.25) is 10.0 Å². The summed E-state index contributed by atoms with van der Waals surface area (Å²) in [5.41, 5.74) is 0.965. The number of hydrogen-bond donors (Lipinski definition) is 1. The Hall–Kier alpha value is -2.49. The first-order valence-electron chi connectivity index (χ1n) is 11.2. The van der Waals surface area contributed by atoms with Crippen molar-refractivity contribution in [2.75, 3.05) is 30.3 Å². The second-order valence-electron chi connectivity index (χ2n) is 7.79. The SMILES string of the molecule is CCNC(=O)C(CC)N(Cc1ccc(Cl)c(Cl)c1)C(=O)CN(c1ccc(OCC)cc1)S(C)(=O)=O. The first kappa shape index (κ1) is 28.7. The van der Waals surface area contributed by atoms with Crippen LogP contribution in [0.4, 0.5) is 5.69 Å². The molecular formula is C24H31Cl2N3O5S. The number of ether oxygens (including phenoxy) is 1. The molecule has 1 atom stereocenters. The van der Waals surface area contributed by atoms with Crippen LogP contribution in [0.5, 0.6) is 5.75 Å². The molecule has 0 radical (unpaired) electrons. The highest BCUT2D eigenvalue weighted by Crippen LogP contribution is 2.25. The van der Waals surface area contributed by atoms with Crippen LogP contribution in [0.25, 0.3) is 0 Å². The van der Waals surface area contributed by atoms with Gasteiger partial charge in [-0.15, -0.1) is 0 Å². The molecule has 0 fully saturated rings. The molecule has 192 valence electrons. The summed E-state index contributed by atoms with van der Waals surface area (Å²) in [4.78, 5) is 27.7. The molecule has 0 aliphatic heterocycles. The summed E-state index contributed by atoms with van der Waals surface area (Å²) < 4.78 is 31.7. The van der Waals surface area contributed by atoms with Crippen LogP contribution in [0.3, 0.4) is 0 Å². The van der Waals surface area contributed by atoms with Gasteiger partial charge in [0, 0.05) is 13.1 Å². The second kappa shape index (κ2) is 13.0. The third kappa shape index (κ3) is 8.02. The number of anilines is 1. The smallest absolute Gasteiger partial charge is 0.244 e. The van der Waals surface area contributed by atoms with Crippen LogP contribution in [-0.4, -0.2) is 57.1 Å². The molecule has 11 heteroatoms. The van der Waals surface area contributed by atoms with E-state index in [1.165, 1.54) is 4.90 Å². The summed E-state index contributed by atoms with van der Waals surface area (Å²) in [5, 5.41) is 3.42. The minimum Gasteiger partial charge on any atom is -0.494 e. The van der Waals surface area contributed by atoms with Gasteiger partial charge in [-0.2, -0.15) is 0 Å². The maximum absolute atomic E-state index is 13.6. The molecular weight excluding hydrogens is 513 g/mol. The van der Waals surface area contributed by atoms with Gasteiger partial charge in [0.1, 0.15) is 18.3 Å². The molecule has 1 unspecified atom stereocenters. The van der Waals surface area contributed by atoms with E-state index in [0.29, 0.717) is 46.6 Å². The summed E-state index contributed by atoms with van der Waals surface area (Å²) in [6.45, 7) is 5.84. The molecule has 35 heavy (non-hydrogen) atoms. The van der Waals surface area contributed by atoms with Crippen molar-refractivity contribution in [1.82, 2.24) is 10.2 Å². The fourth-order valence-corrected chi connectivity index (χ4v) is 4.71. The number of hydrogen-bond acceptors (Lipinski definition) is 5. The maximum atomic E-state index is 13.6. The zero-order valence-corrected chi connectivity index (χ0v) is 22.6. The van der Waals surface area contributed by atoms with Crippen molar-refractivity contribution < 1.29 is 22.7 Å². The van der Waals surface area contributed by atoms with Crippen molar-refractivity contribution in [2.24, 2.45) is 0 Å². The van der Waals surface area contributed by atoms with Crippen LogP contribution < -0.4 is 14.4 Å². The zero-order chi connectivity index (χ0) is 26.2. The van der Waals surface area contributed by atoms with Crippen molar-refractivity contribution in [1.29, 1.82) is 0 Å². The number of sulfonamides is 1. The third-order valence-electron chi connectivity index (χ3n) is 5.19. The number of rotatable bonds is 12. The Bertz CT molecular complexity index is 1130. The van der Waals surface area contributed by atoms with Crippen molar-refractivity contribution in [3.63, 3.8) is 0 Å². The van der Waals surface area contributed by atoms with Crippen molar-refractivity contribution in [2.45, 2.75) is 39.8 Å². The van der Waals surface area contributed by atoms with Gasteiger partial charge in [0.2, 0.25) is 21.8 Å². The van der Waals surface area contributed by atoms with Crippen LogP contribution in [0, 0.1) is 0 Å². The quantitative estimate of drug-likeness (QED) is 0.434. The van der Waals surface area contributed by atoms with E-state index in [2.05, 4.69) is 5.32 Å². The summed E-state index contributed by atoms with van der Waals surface area (Å²) in [6.07, 6.45) is 1.36. The van der Waals surface area contributed by atoms with Gasteiger partial charge in [0.15, 0.2) is 0 Å². The Morgan fingerprint density at radius 1 is 1.03 bits per heavy atom. The Balaban J connectivity index is 2.42. The van der Waals surface area contributed by atoms with Crippen LogP contribution in [0.15, 0.2) is 42.5 Å². The first-order chi connectivity index (χ1) is 16.5. The van der Waals surface area contributed by atoms with Gasteiger partial charge in [-0.1, -0.05) is 36.2 Å². The highest BCUT2D eigenvalue weighted by molar-refractivity contribution is 7.92. The highest BCUT2D eigenvalue weighted by atomic mass is 35.5. The maximum Gasteiger partial charge on any atom is 0.244 e. The lowest BCUT2D eigenvalue weighted by atomic mass is 10.1. The van der Waals surface area contributed by atoms with Crippen molar-refractivity contribution in [3.8, 4) is 5.75 Å². The van der Waals surface area contributed by atoms with Gasteiger partial charge in [-0.3, -0.25) is 13.9 Å². The van der Waals surface area contributed by atoms with E-state index < -0.39 is 28.5 Å². The Morgan fingerprint density at radius 3 is 2.20 bits per heavy atom. The molecule has 0 aliphatic carbocycles. The molecule has 2 amide bonds. The average molecular weight is 545 g/mol. The predicted octanol–water partition coefficient (Wildman–Crippen LogP) is 4.10. The molecule has 0 spiro atoms. The Morgan fingerprint density at radius 2 is 1.69 bits per heavy atom. The van der Waals surface area contributed by atoms with Gasteiger partial charge in [0.25, 0.3) is 0 Å². The summed E-state index contributed by atoms with van der Waals surface area (Å²) >= 11 is 12.2. The lowest BCUT2D eigenvalue weighted by Crippen LogP contribution is -2.52. The fraction of sp³-hybridized carbons (Fsp3) is 0.417. The van der Waals surface area contributed by atoms with Crippen molar-refractivity contribution in [3.05, 3.63) is 58.1 Å². The fourth-order valence-electron chi connectivity index (χ4n) is 3.54. The summed E-state index contributed by atoms with van der Waals surface area (Å²) in [7, 11) is -3.81. The number of carbonyl (C=O) groups is 2. The number of nitrogens with zero attached hydrogens (tertiary/aromatic N) is 2. The molecule has 0 aliphatic rings. The third-order valence-corrected chi connectivity index (χ3v) is 7.07. The van der Waals surface area contributed by atoms with Gasteiger partial charge in [0.05, 0.1) is 28.6 Å². The van der Waals surface area contributed by atoms with E-state index in [-0.39, 0.29) is 12.5 Å². The number of nitrogens with one attached hydrogen (secondary N) is 1. The molecule has 2 rings (SSSR count). The van der Waals surface area contributed by atoms with E-state index in [1.54, 1.807) is 56.3 Å². The van der Waals surface area contributed by atoms with E-state index in [1.807, 2.05) is 6.92 Å². The summed E-state index contributed by atoms with van der Waals surface area (Å²) in [6, 6.07) is 10.6. The second-order valence-corrected chi connectivity index (χ2v) is 10.5. The standard InChI is InChI=1S/C24H31Cl2N3O5S/c1-5-22(24(31)27-6-2)28(15-17-8-13-20(25)21(26)14-17)23(30)16-29(35(4,32)33)18-9-11-19(12-10-18)34-7-3/h8-14,22H,5-7,15-16H2,1-4H3,(H,27,31). The van der Waals surface area contributed by atoms with E-state index >= 15 is 0 Å². The van der Waals surface area contributed by atoms with E-state index in [9.17, 15) is 18.0 Å². The van der Waals surface area contributed by atoms with Gasteiger partial charge >= 0.3 is 0 Å². The number of halogens is 2. The lowest BCUT2D eigenvalue weighted by Gasteiger charge is -2.32. The van der Waals surface area contributed by atoms with E-state index in [0.717, 1.165) is 10.6 Å². The molecule has 0 heterocycles. The monoisotopic (exact) mass is 543 g/mol. The van der Waals surface area contributed by atoms with Gasteiger partial charge < -0.3 is 15.0 Å².